The van der Waals surface area contributed by atoms with E-state index < -0.39 is 0 Å². The number of anilines is 1. The maximum atomic E-state index is 14.1. The summed E-state index contributed by atoms with van der Waals surface area (Å²) in [6.07, 6.45) is 9.04. The van der Waals surface area contributed by atoms with Gasteiger partial charge in [0.1, 0.15) is 0 Å². The molecule has 2 aromatic rings. The first-order valence-corrected chi connectivity index (χ1v) is 16.6. The number of hydrogen-bond donors (Lipinski definition) is 1. The number of piperazine rings is 1. The summed E-state index contributed by atoms with van der Waals surface area (Å²) in [5, 5.41) is 3.21. The van der Waals surface area contributed by atoms with E-state index in [1.807, 2.05) is 31.2 Å². The Morgan fingerprint density at radius 2 is 1.72 bits per heavy atom. The maximum Gasteiger partial charge on any atom is 0.272 e. The van der Waals surface area contributed by atoms with Crippen molar-refractivity contribution in [1.82, 2.24) is 25.1 Å². The number of nitrogens with zero attached hydrogens (tertiary/aromatic N) is 5. The summed E-state index contributed by atoms with van der Waals surface area (Å²) in [4.78, 5) is 43.9. The van der Waals surface area contributed by atoms with Gasteiger partial charge >= 0.3 is 0 Å². The van der Waals surface area contributed by atoms with Crippen molar-refractivity contribution >= 4 is 17.5 Å². The number of amides is 2. The van der Waals surface area contributed by atoms with Crippen molar-refractivity contribution in [3.8, 4) is 17.1 Å². The number of likely N-dealkylation sites (N-methyl/N-ethyl adjacent to an activating group) is 1. The minimum absolute atomic E-state index is 0.116. The van der Waals surface area contributed by atoms with E-state index in [0.29, 0.717) is 61.3 Å². The number of nitrogens with one attached hydrogen (secondary N) is 1. The van der Waals surface area contributed by atoms with Crippen LogP contribution in [0.1, 0.15) is 62.9 Å². The van der Waals surface area contributed by atoms with Gasteiger partial charge in [-0.15, -0.1) is 0 Å². The Bertz CT molecular complexity index is 1330. The van der Waals surface area contributed by atoms with Crippen molar-refractivity contribution in [2.75, 3.05) is 51.3 Å². The van der Waals surface area contributed by atoms with Gasteiger partial charge in [0.25, 0.3) is 5.91 Å². The first-order chi connectivity index (χ1) is 20.9. The van der Waals surface area contributed by atoms with Crippen LogP contribution in [-0.4, -0.2) is 90.0 Å². The van der Waals surface area contributed by atoms with Crippen LogP contribution >= 0.6 is 0 Å². The molecule has 4 aliphatic carbocycles. The van der Waals surface area contributed by atoms with Gasteiger partial charge in [0.15, 0.2) is 5.69 Å². The second-order valence-corrected chi connectivity index (χ2v) is 13.7. The van der Waals surface area contributed by atoms with Crippen molar-refractivity contribution in [3.63, 3.8) is 0 Å². The normalized spacial score (nSPS) is 30.3. The van der Waals surface area contributed by atoms with Crippen LogP contribution in [0.5, 0.6) is 5.88 Å². The SMILES string of the molecule is CCOc1ncccc1-c1ccc(N2CCN(C(=O)C3C4CC5CC(C4)CC3C5)C[C@H]2CC)c(C(=O)NC2CN(C)C2)n1. The molecular formula is C34H46N6O3. The molecule has 8 rings (SSSR count). The Morgan fingerprint density at radius 3 is 2.40 bits per heavy atom. The van der Waals surface area contributed by atoms with E-state index in [1.165, 1.54) is 32.1 Å². The van der Waals surface area contributed by atoms with E-state index in [2.05, 4.69) is 39.0 Å². The van der Waals surface area contributed by atoms with E-state index in [1.54, 1.807) is 6.20 Å². The van der Waals surface area contributed by atoms with Crippen molar-refractivity contribution in [2.45, 2.75) is 64.5 Å². The Kier molecular flexibility index (Phi) is 7.78. The van der Waals surface area contributed by atoms with Crippen LogP contribution in [0.25, 0.3) is 11.3 Å². The van der Waals surface area contributed by atoms with Gasteiger partial charge < -0.3 is 24.8 Å². The van der Waals surface area contributed by atoms with Crippen LogP contribution in [0.3, 0.4) is 0 Å². The van der Waals surface area contributed by atoms with Crippen LogP contribution in [0.2, 0.25) is 0 Å². The number of carbonyl (C=O) groups is 2. The third-order valence-electron chi connectivity index (χ3n) is 10.9. The molecule has 9 nitrogen and oxygen atoms in total. The highest BCUT2D eigenvalue weighted by molar-refractivity contribution is 5.99. The third kappa shape index (κ3) is 5.38. The summed E-state index contributed by atoms with van der Waals surface area (Å²) in [5.41, 5.74) is 2.70. The van der Waals surface area contributed by atoms with Crippen molar-refractivity contribution in [3.05, 3.63) is 36.2 Å². The lowest BCUT2D eigenvalue weighted by Crippen LogP contribution is -2.59. The number of carbonyl (C=O) groups excluding carboxylic acids is 2. The van der Waals surface area contributed by atoms with Crippen molar-refractivity contribution in [2.24, 2.45) is 29.6 Å². The number of ether oxygens (including phenoxy) is 1. The van der Waals surface area contributed by atoms with E-state index >= 15 is 0 Å². The summed E-state index contributed by atoms with van der Waals surface area (Å²) < 4.78 is 5.79. The highest BCUT2D eigenvalue weighted by Gasteiger charge is 2.52. The standard InChI is InChI=1S/C34H46N6O3/c1-4-26-20-39(34(42)30-23-14-21-13-22(16-23)17-24(30)15-21)11-12-40(26)29-9-8-28(27-7-6-10-35-33(27)43-5-2)37-31(29)32(41)36-25-18-38(3)19-25/h6-10,21-26,30H,4-5,11-20H2,1-3H3,(H,36,41)/t21?,22?,23?,24?,26-,30?/m1/s1. The zero-order valence-corrected chi connectivity index (χ0v) is 25.9. The van der Waals surface area contributed by atoms with E-state index in [-0.39, 0.29) is 23.9 Å². The summed E-state index contributed by atoms with van der Waals surface area (Å²) in [6, 6.07) is 8.05. The van der Waals surface area contributed by atoms with Gasteiger partial charge in [-0.1, -0.05) is 6.92 Å². The van der Waals surface area contributed by atoms with Gasteiger partial charge in [0.05, 0.1) is 29.6 Å². The smallest absolute Gasteiger partial charge is 0.272 e. The van der Waals surface area contributed by atoms with Gasteiger partial charge in [-0.05, 0) is 100 Å². The molecule has 0 aromatic carbocycles. The Balaban J connectivity index is 1.15. The molecule has 2 aromatic heterocycles. The first kappa shape index (κ1) is 28.6. The largest absolute Gasteiger partial charge is 0.477 e. The molecule has 1 N–H and O–H groups in total. The Hall–Kier alpha value is -3.20. The Morgan fingerprint density at radius 1 is 0.977 bits per heavy atom. The summed E-state index contributed by atoms with van der Waals surface area (Å²) in [7, 11) is 2.06. The van der Waals surface area contributed by atoms with Crippen LogP contribution in [0.15, 0.2) is 30.5 Å². The van der Waals surface area contributed by atoms with Gasteiger partial charge in [-0.25, -0.2) is 9.97 Å². The number of aromatic nitrogens is 2. The maximum absolute atomic E-state index is 14.1. The molecule has 4 bridgehead atoms. The van der Waals surface area contributed by atoms with Gasteiger partial charge in [-0.3, -0.25) is 9.59 Å². The van der Waals surface area contributed by atoms with E-state index in [9.17, 15) is 9.59 Å². The van der Waals surface area contributed by atoms with Crippen LogP contribution < -0.4 is 15.0 Å². The first-order valence-electron chi connectivity index (χ1n) is 16.6. The molecular weight excluding hydrogens is 540 g/mol. The summed E-state index contributed by atoms with van der Waals surface area (Å²) >= 11 is 0. The monoisotopic (exact) mass is 586 g/mol. The molecule has 2 aliphatic heterocycles. The molecule has 2 saturated heterocycles. The number of pyridine rings is 2. The molecule has 4 heterocycles. The lowest BCUT2D eigenvalue weighted by Gasteiger charge is -2.55. The molecule has 43 heavy (non-hydrogen) atoms. The predicted molar refractivity (Wildman–Crippen MR) is 166 cm³/mol. The zero-order valence-electron chi connectivity index (χ0n) is 25.9. The zero-order chi connectivity index (χ0) is 29.7. The fourth-order valence-electron chi connectivity index (χ4n) is 9.14. The quantitative estimate of drug-likeness (QED) is 0.499. The average Bonchev–Trinajstić information content (AvgIpc) is 2.99. The molecule has 9 heteroatoms. The fourth-order valence-corrected chi connectivity index (χ4v) is 9.14. The van der Waals surface area contributed by atoms with Gasteiger partial charge in [0.2, 0.25) is 11.8 Å². The van der Waals surface area contributed by atoms with Gasteiger partial charge in [0, 0.05) is 50.9 Å². The summed E-state index contributed by atoms with van der Waals surface area (Å²) in [6.45, 7) is 8.36. The molecule has 0 unspecified atom stereocenters. The summed E-state index contributed by atoms with van der Waals surface area (Å²) in [5.74, 6) is 3.89. The number of likely N-dealkylation sites (tertiary alicyclic amines) is 1. The molecule has 6 fully saturated rings. The Labute approximate surface area is 255 Å². The van der Waals surface area contributed by atoms with Crippen LogP contribution in [0, 0.1) is 29.6 Å². The second-order valence-electron chi connectivity index (χ2n) is 13.7. The molecule has 1 atom stereocenters. The van der Waals surface area contributed by atoms with Gasteiger partial charge in [-0.2, -0.15) is 0 Å². The minimum atomic E-state index is -0.154. The number of rotatable bonds is 8. The predicted octanol–water partition coefficient (Wildman–Crippen LogP) is 4.09. The van der Waals surface area contributed by atoms with Crippen LogP contribution in [-0.2, 0) is 4.79 Å². The second kappa shape index (κ2) is 11.7. The highest BCUT2D eigenvalue weighted by Crippen LogP contribution is 2.57. The van der Waals surface area contributed by atoms with E-state index in [0.717, 1.165) is 42.6 Å². The lowest BCUT2D eigenvalue weighted by molar-refractivity contribution is -0.149. The van der Waals surface area contributed by atoms with Crippen LogP contribution in [0.4, 0.5) is 5.69 Å². The molecule has 0 radical (unpaired) electrons. The fraction of sp³-hybridized carbons (Fsp3) is 0.647. The molecule has 230 valence electrons. The highest BCUT2D eigenvalue weighted by atomic mass is 16.5. The van der Waals surface area contributed by atoms with E-state index in [4.69, 9.17) is 9.72 Å². The molecule has 0 spiro atoms. The third-order valence-corrected chi connectivity index (χ3v) is 10.9. The van der Waals surface area contributed by atoms with Crippen molar-refractivity contribution in [1.29, 1.82) is 0 Å². The number of hydrogen-bond acceptors (Lipinski definition) is 7. The van der Waals surface area contributed by atoms with Crippen molar-refractivity contribution < 1.29 is 14.3 Å². The molecule has 6 aliphatic rings. The topological polar surface area (TPSA) is 90.9 Å². The molecule has 4 saturated carbocycles. The average molecular weight is 587 g/mol. The lowest BCUT2D eigenvalue weighted by atomic mass is 9.51. The molecule has 2 amide bonds. The minimum Gasteiger partial charge on any atom is -0.477 e.